The highest BCUT2D eigenvalue weighted by Crippen LogP contribution is 2.29. The summed E-state index contributed by atoms with van der Waals surface area (Å²) in [4.78, 5) is 11.4. The summed E-state index contributed by atoms with van der Waals surface area (Å²) in [6, 6.07) is 16.5. The monoisotopic (exact) mass is 463 g/mol. The maximum atomic E-state index is 10.7. The maximum absolute atomic E-state index is 10.7. The van der Waals surface area contributed by atoms with Gasteiger partial charge in [0.15, 0.2) is 11.5 Å². The molecule has 0 amide bonds. The second-order valence-corrected chi connectivity index (χ2v) is 7.52. The van der Waals surface area contributed by atoms with Gasteiger partial charge >= 0.3 is 0 Å². The molecular weight excluding hydrogens is 438 g/mol. The van der Waals surface area contributed by atoms with Crippen LogP contribution in [0.3, 0.4) is 0 Å². The molecular formula is C22H26ClN3O4S. The number of thiophene rings is 1. The summed E-state index contributed by atoms with van der Waals surface area (Å²) in [7, 11) is 0. The van der Waals surface area contributed by atoms with E-state index < -0.39 is 4.92 Å². The van der Waals surface area contributed by atoms with Crippen LogP contribution in [0.15, 0.2) is 60.0 Å². The normalized spacial score (nSPS) is 10.2. The van der Waals surface area contributed by atoms with Crippen molar-refractivity contribution in [3.05, 3.63) is 80.5 Å². The number of halogens is 1. The van der Waals surface area contributed by atoms with Crippen molar-refractivity contribution in [3.63, 3.8) is 0 Å². The lowest BCUT2D eigenvalue weighted by molar-refractivity contribution is -0.384. The number of hydrogen-bond donors (Lipinski definition) is 2. The summed E-state index contributed by atoms with van der Waals surface area (Å²) in [5.74, 6) is 1.49. The van der Waals surface area contributed by atoms with Gasteiger partial charge in [0.2, 0.25) is 0 Å². The minimum absolute atomic E-state index is 0. The van der Waals surface area contributed by atoms with E-state index in [1.807, 2.05) is 42.6 Å². The summed E-state index contributed by atoms with van der Waals surface area (Å²) in [6.07, 6.45) is 0. The molecule has 0 atom stereocenters. The van der Waals surface area contributed by atoms with Crippen LogP contribution in [0, 0.1) is 10.1 Å². The molecule has 0 saturated heterocycles. The SMILES string of the molecule is CCOc1cc(CNCCNc2ccc([N+](=O)[O-])cc2)ccc1OCc1cccs1.Cl. The molecule has 9 heteroatoms. The van der Waals surface area contributed by atoms with Crippen molar-refractivity contribution < 1.29 is 14.4 Å². The number of nitro groups is 1. The van der Waals surface area contributed by atoms with Crippen LogP contribution in [0.4, 0.5) is 11.4 Å². The van der Waals surface area contributed by atoms with Crippen LogP contribution in [0.25, 0.3) is 0 Å². The highest BCUT2D eigenvalue weighted by molar-refractivity contribution is 7.09. The molecule has 0 radical (unpaired) electrons. The summed E-state index contributed by atoms with van der Waals surface area (Å²) in [6.45, 7) is 5.22. The number of nitrogens with one attached hydrogen (secondary N) is 2. The van der Waals surface area contributed by atoms with Gasteiger partial charge in [0.1, 0.15) is 6.61 Å². The second kappa shape index (κ2) is 12.8. The molecule has 0 bridgehead atoms. The lowest BCUT2D eigenvalue weighted by atomic mass is 10.2. The number of benzene rings is 2. The zero-order valence-corrected chi connectivity index (χ0v) is 18.8. The van der Waals surface area contributed by atoms with Gasteiger partial charge in [0.25, 0.3) is 5.69 Å². The summed E-state index contributed by atoms with van der Waals surface area (Å²) in [5.41, 5.74) is 2.05. The van der Waals surface area contributed by atoms with Gasteiger partial charge in [0, 0.05) is 42.3 Å². The number of nitro benzene ring substituents is 1. The first-order chi connectivity index (χ1) is 14.7. The Balaban J connectivity index is 0.00000341. The molecule has 0 aliphatic heterocycles. The predicted octanol–water partition coefficient (Wildman–Crippen LogP) is 5.26. The minimum Gasteiger partial charge on any atom is -0.490 e. The standard InChI is InChI=1S/C22H25N3O4S.ClH/c1-2-28-22-14-17(5-10-21(22)29-16-20-4-3-13-30-20)15-23-11-12-24-18-6-8-19(9-7-18)25(26)27;/h3-10,13-14,23-24H,2,11-12,15-16H2,1H3;1H. The highest BCUT2D eigenvalue weighted by atomic mass is 35.5. The third-order valence-electron chi connectivity index (χ3n) is 4.30. The van der Waals surface area contributed by atoms with Gasteiger partial charge in [-0.3, -0.25) is 10.1 Å². The fourth-order valence-corrected chi connectivity index (χ4v) is 3.44. The molecule has 0 aliphatic rings. The lowest BCUT2D eigenvalue weighted by Crippen LogP contribution is -2.21. The van der Waals surface area contributed by atoms with Crippen LogP contribution in [0.1, 0.15) is 17.4 Å². The molecule has 1 aromatic heterocycles. The van der Waals surface area contributed by atoms with Crippen molar-refractivity contribution in [2.24, 2.45) is 0 Å². The van der Waals surface area contributed by atoms with Crippen molar-refractivity contribution in [2.75, 3.05) is 25.0 Å². The van der Waals surface area contributed by atoms with Crippen LogP contribution in [0.5, 0.6) is 11.5 Å². The fraction of sp³-hybridized carbons (Fsp3) is 0.273. The molecule has 0 aliphatic carbocycles. The Labute approximate surface area is 192 Å². The summed E-state index contributed by atoms with van der Waals surface area (Å²) >= 11 is 1.67. The Morgan fingerprint density at radius 2 is 1.84 bits per heavy atom. The van der Waals surface area contributed by atoms with E-state index in [1.54, 1.807) is 23.5 Å². The van der Waals surface area contributed by atoms with Crippen molar-refractivity contribution in [2.45, 2.75) is 20.1 Å². The summed E-state index contributed by atoms with van der Waals surface area (Å²) < 4.78 is 11.7. The fourth-order valence-electron chi connectivity index (χ4n) is 2.82. The number of rotatable bonds is 12. The Bertz CT molecular complexity index is 936. The van der Waals surface area contributed by atoms with E-state index in [2.05, 4.69) is 10.6 Å². The number of anilines is 1. The lowest BCUT2D eigenvalue weighted by Gasteiger charge is -2.13. The quantitative estimate of drug-likeness (QED) is 0.216. The molecule has 1 heterocycles. The first-order valence-electron chi connectivity index (χ1n) is 9.75. The van der Waals surface area contributed by atoms with Crippen molar-refractivity contribution >= 4 is 35.1 Å². The van der Waals surface area contributed by atoms with Gasteiger partial charge in [-0.15, -0.1) is 23.7 Å². The van der Waals surface area contributed by atoms with Gasteiger partial charge in [-0.1, -0.05) is 12.1 Å². The highest BCUT2D eigenvalue weighted by Gasteiger charge is 2.08. The molecule has 3 rings (SSSR count). The Kier molecular flexibility index (Phi) is 10.1. The zero-order valence-electron chi connectivity index (χ0n) is 17.2. The molecule has 31 heavy (non-hydrogen) atoms. The minimum atomic E-state index is -0.402. The number of ether oxygens (including phenoxy) is 2. The van der Waals surface area contributed by atoms with E-state index in [0.29, 0.717) is 26.3 Å². The van der Waals surface area contributed by atoms with Crippen molar-refractivity contribution in [1.82, 2.24) is 5.32 Å². The van der Waals surface area contributed by atoms with Crippen molar-refractivity contribution in [3.8, 4) is 11.5 Å². The first kappa shape index (κ1) is 24.5. The van der Waals surface area contributed by atoms with E-state index in [4.69, 9.17) is 9.47 Å². The van der Waals surface area contributed by atoms with Gasteiger partial charge in [-0.2, -0.15) is 0 Å². The van der Waals surface area contributed by atoms with E-state index in [-0.39, 0.29) is 18.1 Å². The molecule has 166 valence electrons. The van der Waals surface area contributed by atoms with Gasteiger partial charge in [0.05, 0.1) is 11.5 Å². The van der Waals surface area contributed by atoms with Crippen LogP contribution in [-0.4, -0.2) is 24.6 Å². The zero-order chi connectivity index (χ0) is 21.2. The average Bonchev–Trinajstić information content (AvgIpc) is 3.27. The van der Waals surface area contributed by atoms with Crippen molar-refractivity contribution in [1.29, 1.82) is 0 Å². The van der Waals surface area contributed by atoms with E-state index in [0.717, 1.165) is 29.3 Å². The van der Waals surface area contributed by atoms with Crippen LogP contribution >= 0.6 is 23.7 Å². The molecule has 0 saturated carbocycles. The predicted molar refractivity (Wildman–Crippen MR) is 127 cm³/mol. The molecule has 0 fully saturated rings. The largest absolute Gasteiger partial charge is 0.490 e. The number of nitrogens with zero attached hydrogens (tertiary/aromatic N) is 1. The van der Waals surface area contributed by atoms with E-state index in [9.17, 15) is 10.1 Å². The van der Waals surface area contributed by atoms with Crippen LogP contribution in [-0.2, 0) is 13.2 Å². The smallest absolute Gasteiger partial charge is 0.269 e. The molecule has 0 unspecified atom stereocenters. The number of hydrogen-bond acceptors (Lipinski definition) is 7. The Morgan fingerprint density at radius 3 is 2.52 bits per heavy atom. The molecule has 3 aromatic rings. The molecule has 7 nitrogen and oxygen atoms in total. The van der Waals surface area contributed by atoms with Gasteiger partial charge in [-0.05, 0) is 48.2 Å². The van der Waals surface area contributed by atoms with Gasteiger partial charge in [-0.25, -0.2) is 0 Å². The average molecular weight is 464 g/mol. The third kappa shape index (κ3) is 7.75. The topological polar surface area (TPSA) is 85.7 Å². The Hall–Kier alpha value is -2.81. The maximum Gasteiger partial charge on any atom is 0.269 e. The van der Waals surface area contributed by atoms with E-state index in [1.165, 1.54) is 17.0 Å². The van der Waals surface area contributed by atoms with Gasteiger partial charge < -0.3 is 20.1 Å². The Morgan fingerprint density at radius 1 is 1.03 bits per heavy atom. The molecule has 2 N–H and O–H groups in total. The third-order valence-corrected chi connectivity index (χ3v) is 5.15. The number of non-ortho nitro benzene ring substituents is 1. The first-order valence-corrected chi connectivity index (χ1v) is 10.6. The molecule has 0 spiro atoms. The van der Waals surface area contributed by atoms with Crippen LogP contribution < -0.4 is 20.1 Å². The van der Waals surface area contributed by atoms with E-state index >= 15 is 0 Å². The summed E-state index contributed by atoms with van der Waals surface area (Å²) in [5, 5.41) is 19.3. The second-order valence-electron chi connectivity index (χ2n) is 6.49. The molecule has 2 aromatic carbocycles. The van der Waals surface area contributed by atoms with Crippen LogP contribution in [0.2, 0.25) is 0 Å².